The average molecular weight is 274 g/mol. The van der Waals surface area contributed by atoms with Crippen LogP contribution in [0.25, 0.3) is 0 Å². The zero-order valence-electron chi connectivity index (χ0n) is 13.7. The van der Waals surface area contributed by atoms with Crippen molar-refractivity contribution in [2.45, 2.75) is 47.1 Å². The summed E-state index contributed by atoms with van der Waals surface area (Å²) in [6.45, 7) is 14.6. The minimum Gasteiger partial charge on any atom is -0.323 e. The van der Waals surface area contributed by atoms with Gasteiger partial charge in [0.2, 0.25) is 0 Å². The van der Waals surface area contributed by atoms with Gasteiger partial charge in [-0.3, -0.25) is 0 Å². The van der Waals surface area contributed by atoms with Crippen molar-refractivity contribution in [3.8, 4) is 0 Å². The van der Waals surface area contributed by atoms with E-state index in [0.717, 1.165) is 18.4 Å². The van der Waals surface area contributed by atoms with Crippen molar-refractivity contribution >= 4 is 0 Å². The SMILES string of the molecule is Cc1cc(C)c(C(N)CN2CC(C)CC(C)C2)c(C)c1. The molecule has 2 rings (SSSR count). The molecule has 2 nitrogen and oxygen atoms in total. The van der Waals surface area contributed by atoms with E-state index in [-0.39, 0.29) is 6.04 Å². The number of nitrogens with two attached hydrogens (primary N) is 1. The highest BCUT2D eigenvalue weighted by molar-refractivity contribution is 5.39. The fourth-order valence-corrected chi connectivity index (χ4v) is 4.09. The topological polar surface area (TPSA) is 29.3 Å². The highest BCUT2D eigenvalue weighted by Gasteiger charge is 2.24. The van der Waals surface area contributed by atoms with Gasteiger partial charge in [0, 0.05) is 25.7 Å². The predicted octanol–water partition coefficient (Wildman–Crippen LogP) is 3.59. The molecule has 1 fully saturated rings. The Hall–Kier alpha value is -0.860. The summed E-state index contributed by atoms with van der Waals surface area (Å²) < 4.78 is 0. The normalized spacial score (nSPS) is 25.7. The van der Waals surface area contributed by atoms with E-state index in [2.05, 4.69) is 51.7 Å². The van der Waals surface area contributed by atoms with Crippen molar-refractivity contribution in [2.75, 3.05) is 19.6 Å². The molecule has 0 aliphatic carbocycles. The Balaban J connectivity index is 2.10. The number of nitrogens with zero attached hydrogens (tertiary/aromatic N) is 1. The Bertz CT molecular complexity index is 433. The molecule has 0 radical (unpaired) electrons. The summed E-state index contributed by atoms with van der Waals surface area (Å²) >= 11 is 0. The van der Waals surface area contributed by atoms with E-state index in [4.69, 9.17) is 5.73 Å². The van der Waals surface area contributed by atoms with Crippen LogP contribution in [-0.2, 0) is 0 Å². The maximum Gasteiger partial charge on any atom is 0.0429 e. The molecule has 3 atom stereocenters. The largest absolute Gasteiger partial charge is 0.323 e. The maximum atomic E-state index is 6.53. The van der Waals surface area contributed by atoms with Crippen LogP contribution in [0.2, 0.25) is 0 Å². The van der Waals surface area contributed by atoms with Crippen molar-refractivity contribution in [3.63, 3.8) is 0 Å². The highest BCUT2D eigenvalue weighted by atomic mass is 15.1. The van der Waals surface area contributed by atoms with Crippen LogP contribution < -0.4 is 5.73 Å². The molecule has 112 valence electrons. The molecule has 0 spiro atoms. The molecule has 0 saturated carbocycles. The van der Waals surface area contributed by atoms with Crippen LogP contribution in [0, 0.1) is 32.6 Å². The number of rotatable bonds is 3. The lowest BCUT2D eigenvalue weighted by Crippen LogP contribution is -2.42. The molecule has 2 N–H and O–H groups in total. The number of hydrogen-bond donors (Lipinski definition) is 1. The molecule has 2 heteroatoms. The molecule has 1 aromatic rings. The third-order valence-electron chi connectivity index (χ3n) is 4.51. The number of benzene rings is 1. The first kappa shape index (κ1) is 15.5. The summed E-state index contributed by atoms with van der Waals surface area (Å²) in [5.74, 6) is 1.59. The van der Waals surface area contributed by atoms with E-state index in [9.17, 15) is 0 Å². The van der Waals surface area contributed by atoms with Crippen LogP contribution in [0.15, 0.2) is 12.1 Å². The van der Waals surface area contributed by atoms with Gasteiger partial charge in [-0.1, -0.05) is 31.5 Å². The van der Waals surface area contributed by atoms with E-state index in [0.29, 0.717) is 0 Å². The van der Waals surface area contributed by atoms with Gasteiger partial charge in [0.05, 0.1) is 0 Å². The van der Waals surface area contributed by atoms with Crippen LogP contribution in [0.5, 0.6) is 0 Å². The van der Waals surface area contributed by atoms with Gasteiger partial charge in [-0.15, -0.1) is 0 Å². The second-order valence-electron chi connectivity index (χ2n) is 7.08. The molecular formula is C18H30N2. The standard InChI is InChI=1S/C18H30N2/c1-12-7-15(4)18(16(5)8-12)17(19)11-20-9-13(2)6-14(3)10-20/h7-8,13-14,17H,6,9-11,19H2,1-5H3. The predicted molar refractivity (Wildman–Crippen MR) is 87.0 cm³/mol. The van der Waals surface area contributed by atoms with E-state index in [1.54, 1.807) is 0 Å². The molecular weight excluding hydrogens is 244 g/mol. The number of hydrogen-bond acceptors (Lipinski definition) is 2. The smallest absolute Gasteiger partial charge is 0.0429 e. The molecule has 1 heterocycles. The molecule has 3 unspecified atom stereocenters. The van der Waals surface area contributed by atoms with Crippen molar-refractivity contribution in [1.29, 1.82) is 0 Å². The Morgan fingerprint density at radius 2 is 1.60 bits per heavy atom. The zero-order valence-corrected chi connectivity index (χ0v) is 13.7. The number of likely N-dealkylation sites (tertiary alicyclic amines) is 1. The molecule has 1 aliphatic heterocycles. The van der Waals surface area contributed by atoms with Gasteiger partial charge in [0.15, 0.2) is 0 Å². The number of piperidine rings is 1. The third-order valence-corrected chi connectivity index (χ3v) is 4.51. The summed E-state index contributed by atoms with van der Waals surface area (Å²) in [4.78, 5) is 2.56. The second kappa shape index (κ2) is 6.28. The minimum absolute atomic E-state index is 0.132. The summed E-state index contributed by atoms with van der Waals surface area (Å²) in [6, 6.07) is 4.64. The quantitative estimate of drug-likeness (QED) is 0.912. The summed E-state index contributed by atoms with van der Waals surface area (Å²) in [5.41, 5.74) is 11.9. The van der Waals surface area contributed by atoms with Crippen molar-refractivity contribution in [3.05, 3.63) is 34.4 Å². The van der Waals surface area contributed by atoms with Gasteiger partial charge in [-0.2, -0.15) is 0 Å². The van der Waals surface area contributed by atoms with Gasteiger partial charge in [-0.25, -0.2) is 0 Å². The summed E-state index contributed by atoms with van der Waals surface area (Å²) in [5, 5.41) is 0. The third kappa shape index (κ3) is 3.62. The molecule has 1 saturated heterocycles. The van der Waals surface area contributed by atoms with Crippen LogP contribution in [0.3, 0.4) is 0 Å². The maximum absolute atomic E-state index is 6.53. The van der Waals surface area contributed by atoms with Gasteiger partial charge in [0.25, 0.3) is 0 Å². The fourth-order valence-electron chi connectivity index (χ4n) is 4.09. The van der Waals surface area contributed by atoms with Crippen molar-refractivity contribution in [1.82, 2.24) is 4.90 Å². The Morgan fingerprint density at radius 1 is 1.10 bits per heavy atom. The number of aryl methyl sites for hydroxylation is 3. The van der Waals surface area contributed by atoms with Crippen LogP contribution in [0.4, 0.5) is 0 Å². The second-order valence-corrected chi connectivity index (χ2v) is 7.08. The Labute approximate surface area is 124 Å². The van der Waals surface area contributed by atoms with Gasteiger partial charge in [-0.05, 0) is 55.7 Å². The lowest BCUT2D eigenvalue weighted by atomic mass is 9.90. The molecule has 1 aliphatic rings. The van der Waals surface area contributed by atoms with Crippen molar-refractivity contribution in [2.24, 2.45) is 17.6 Å². The molecule has 0 aromatic heterocycles. The monoisotopic (exact) mass is 274 g/mol. The molecule has 1 aromatic carbocycles. The minimum atomic E-state index is 0.132. The first-order valence-electron chi connectivity index (χ1n) is 7.92. The molecule has 0 bridgehead atoms. The van der Waals surface area contributed by atoms with E-state index >= 15 is 0 Å². The fraction of sp³-hybridized carbons (Fsp3) is 0.667. The van der Waals surface area contributed by atoms with Gasteiger partial charge >= 0.3 is 0 Å². The van der Waals surface area contributed by atoms with E-state index in [1.165, 1.54) is 41.8 Å². The first-order chi connectivity index (χ1) is 9.36. The first-order valence-corrected chi connectivity index (χ1v) is 7.92. The lowest BCUT2D eigenvalue weighted by molar-refractivity contribution is 0.134. The van der Waals surface area contributed by atoms with Crippen LogP contribution in [0.1, 0.15) is 48.6 Å². The van der Waals surface area contributed by atoms with Crippen LogP contribution >= 0.6 is 0 Å². The zero-order chi connectivity index (χ0) is 14.9. The molecule has 20 heavy (non-hydrogen) atoms. The summed E-state index contributed by atoms with van der Waals surface area (Å²) in [6.07, 6.45) is 1.36. The Morgan fingerprint density at radius 3 is 2.10 bits per heavy atom. The van der Waals surface area contributed by atoms with E-state index < -0.39 is 0 Å². The summed E-state index contributed by atoms with van der Waals surface area (Å²) in [7, 11) is 0. The molecule has 0 amide bonds. The highest BCUT2D eigenvalue weighted by Crippen LogP contribution is 2.26. The van der Waals surface area contributed by atoms with Crippen molar-refractivity contribution < 1.29 is 0 Å². The van der Waals surface area contributed by atoms with Gasteiger partial charge in [0.1, 0.15) is 0 Å². The lowest BCUT2D eigenvalue weighted by Gasteiger charge is -2.36. The van der Waals surface area contributed by atoms with Gasteiger partial charge < -0.3 is 10.6 Å². The van der Waals surface area contributed by atoms with Crippen LogP contribution in [-0.4, -0.2) is 24.5 Å². The van der Waals surface area contributed by atoms with E-state index in [1.807, 2.05) is 0 Å². The average Bonchev–Trinajstić information content (AvgIpc) is 2.25. The Kier molecular flexibility index (Phi) is 4.87.